The fraction of sp³-hybridized carbons (Fsp3) is 0. The molecule has 166 valence electrons. The Balaban J connectivity index is 1.55. The molecule has 5 aromatic carbocycles. The van der Waals surface area contributed by atoms with Crippen molar-refractivity contribution < 1.29 is 4.74 Å². The standard InChI is InChI=1S/C31H17BN2O2/c35-31-20-9-2-1-8-18(20)19-16-17-25-28-29(19)34(31)23-12-4-3-10-21(23)32(28)22-11-7-15-27-30(22)33(25)24-13-5-6-14-26(24)36-27/h1-17H. The molecule has 0 unspecified atom stereocenters. The summed E-state index contributed by atoms with van der Waals surface area (Å²) in [5, 5.41) is 2.84. The second kappa shape index (κ2) is 6.26. The molecule has 4 heterocycles. The fourth-order valence-corrected chi connectivity index (χ4v) is 6.62. The second-order valence-corrected chi connectivity index (χ2v) is 9.67. The number of hydrogen-bond acceptors (Lipinski definition) is 3. The summed E-state index contributed by atoms with van der Waals surface area (Å²) < 4.78 is 8.35. The summed E-state index contributed by atoms with van der Waals surface area (Å²) in [5.74, 6) is 1.69. The van der Waals surface area contributed by atoms with Crippen molar-refractivity contribution in [3.05, 3.63) is 113 Å². The van der Waals surface area contributed by atoms with Gasteiger partial charge < -0.3 is 9.64 Å². The molecule has 0 amide bonds. The van der Waals surface area contributed by atoms with Crippen molar-refractivity contribution in [3.8, 4) is 17.2 Å². The molecule has 0 spiro atoms. The Kier molecular flexibility index (Phi) is 3.23. The van der Waals surface area contributed by atoms with Gasteiger partial charge in [-0.25, -0.2) is 0 Å². The Morgan fingerprint density at radius 2 is 1.31 bits per heavy atom. The average molecular weight is 460 g/mol. The number of nitrogens with zero attached hydrogens (tertiary/aromatic N) is 2. The molecule has 0 bridgehead atoms. The van der Waals surface area contributed by atoms with Crippen LogP contribution in [0.25, 0.3) is 27.4 Å². The maximum absolute atomic E-state index is 14.0. The van der Waals surface area contributed by atoms with Crippen LogP contribution in [0.15, 0.2) is 108 Å². The normalized spacial score (nSPS) is 13.8. The molecule has 36 heavy (non-hydrogen) atoms. The number of pyridine rings is 1. The predicted octanol–water partition coefficient (Wildman–Crippen LogP) is 4.86. The van der Waals surface area contributed by atoms with Crippen LogP contribution in [0.4, 0.5) is 17.1 Å². The van der Waals surface area contributed by atoms with Crippen LogP contribution in [0.1, 0.15) is 0 Å². The number of anilines is 3. The number of hydrogen-bond donors (Lipinski definition) is 0. The molecule has 1 aromatic heterocycles. The summed E-state index contributed by atoms with van der Waals surface area (Å²) in [6.07, 6.45) is 0. The first kappa shape index (κ1) is 18.5. The second-order valence-electron chi connectivity index (χ2n) is 9.67. The van der Waals surface area contributed by atoms with Crippen LogP contribution < -0.4 is 31.6 Å². The molecule has 0 fully saturated rings. The third-order valence-electron chi connectivity index (χ3n) is 7.98. The molecular weight excluding hydrogens is 443 g/mol. The van der Waals surface area contributed by atoms with E-state index >= 15 is 0 Å². The van der Waals surface area contributed by atoms with Crippen LogP contribution in [-0.4, -0.2) is 11.3 Å². The topological polar surface area (TPSA) is 34.5 Å². The molecule has 6 aromatic rings. The summed E-state index contributed by atoms with van der Waals surface area (Å²) in [4.78, 5) is 16.4. The van der Waals surface area contributed by atoms with E-state index in [-0.39, 0.29) is 12.3 Å². The fourth-order valence-electron chi connectivity index (χ4n) is 6.62. The molecular formula is C31H17BN2O2. The van der Waals surface area contributed by atoms with E-state index in [0.29, 0.717) is 0 Å². The number of ether oxygens (including phenoxy) is 1. The highest BCUT2D eigenvalue weighted by atomic mass is 16.5. The van der Waals surface area contributed by atoms with Gasteiger partial charge in [-0.05, 0) is 58.2 Å². The quantitative estimate of drug-likeness (QED) is 0.240. The summed E-state index contributed by atoms with van der Waals surface area (Å²) in [7, 11) is 0. The van der Waals surface area contributed by atoms with Crippen molar-refractivity contribution >= 4 is 61.8 Å². The van der Waals surface area contributed by atoms with Crippen molar-refractivity contribution in [2.45, 2.75) is 0 Å². The maximum atomic E-state index is 14.0. The average Bonchev–Trinajstić information content (AvgIpc) is 2.93. The zero-order chi connectivity index (χ0) is 23.5. The Bertz CT molecular complexity index is 2030. The van der Waals surface area contributed by atoms with Gasteiger partial charge in [0.1, 0.15) is 0 Å². The minimum absolute atomic E-state index is 0.000486. The number of para-hydroxylation sites is 4. The summed E-state index contributed by atoms with van der Waals surface area (Å²) in [6.45, 7) is 0.000486. The molecule has 4 nitrogen and oxygen atoms in total. The summed E-state index contributed by atoms with van der Waals surface area (Å²) in [5.41, 5.74) is 8.69. The number of aromatic nitrogens is 1. The molecule has 0 saturated heterocycles. The van der Waals surface area contributed by atoms with Crippen molar-refractivity contribution in [2.24, 2.45) is 0 Å². The maximum Gasteiger partial charge on any atom is 0.263 e. The summed E-state index contributed by atoms with van der Waals surface area (Å²) in [6, 6.07) is 35.2. The first-order valence-electron chi connectivity index (χ1n) is 12.2. The smallest absolute Gasteiger partial charge is 0.263 e. The van der Waals surface area contributed by atoms with Gasteiger partial charge in [0.05, 0.1) is 16.9 Å². The van der Waals surface area contributed by atoms with Crippen molar-refractivity contribution in [1.82, 2.24) is 4.57 Å². The number of fused-ring (bicyclic) bond motifs is 9. The van der Waals surface area contributed by atoms with Crippen LogP contribution in [-0.2, 0) is 0 Å². The van der Waals surface area contributed by atoms with Gasteiger partial charge >= 0.3 is 0 Å². The lowest BCUT2D eigenvalue weighted by molar-refractivity contribution is 0.477. The highest BCUT2D eigenvalue weighted by Gasteiger charge is 2.44. The zero-order valence-corrected chi connectivity index (χ0v) is 19.1. The molecule has 0 aliphatic carbocycles. The van der Waals surface area contributed by atoms with Gasteiger partial charge in [-0.15, -0.1) is 0 Å². The lowest BCUT2D eigenvalue weighted by atomic mass is 9.33. The highest BCUT2D eigenvalue weighted by molar-refractivity contribution is 7.00. The Hall–Kier alpha value is -4.77. The van der Waals surface area contributed by atoms with E-state index in [9.17, 15) is 4.79 Å². The van der Waals surface area contributed by atoms with Gasteiger partial charge in [-0.3, -0.25) is 9.36 Å². The minimum atomic E-state index is 0.000486. The van der Waals surface area contributed by atoms with Crippen molar-refractivity contribution in [1.29, 1.82) is 0 Å². The third-order valence-corrected chi connectivity index (χ3v) is 7.98. The Morgan fingerprint density at radius 1 is 0.583 bits per heavy atom. The van der Waals surface area contributed by atoms with E-state index in [2.05, 4.69) is 59.5 Å². The van der Waals surface area contributed by atoms with Crippen LogP contribution in [0, 0.1) is 0 Å². The summed E-state index contributed by atoms with van der Waals surface area (Å²) >= 11 is 0. The monoisotopic (exact) mass is 460 g/mol. The predicted molar refractivity (Wildman–Crippen MR) is 146 cm³/mol. The molecule has 0 N–H and O–H groups in total. The van der Waals surface area contributed by atoms with Gasteiger partial charge in [0.2, 0.25) is 0 Å². The Labute approximate surface area is 206 Å². The van der Waals surface area contributed by atoms with Crippen LogP contribution in [0.3, 0.4) is 0 Å². The van der Waals surface area contributed by atoms with Crippen molar-refractivity contribution in [2.75, 3.05) is 4.90 Å². The molecule has 0 atom stereocenters. The number of benzene rings is 5. The van der Waals surface area contributed by atoms with Gasteiger partial charge in [0.15, 0.2) is 11.5 Å². The van der Waals surface area contributed by atoms with E-state index < -0.39 is 0 Å². The molecule has 5 heteroatoms. The van der Waals surface area contributed by atoms with Crippen molar-refractivity contribution in [3.63, 3.8) is 0 Å². The van der Waals surface area contributed by atoms with Gasteiger partial charge in [-0.2, -0.15) is 0 Å². The SMILES string of the molecule is O=c1c2ccccc2c2ccc3c4c2n1-c1ccccc1B4c1cccc2c1N3c1ccccc1O2. The minimum Gasteiger partial charge on any atom is -0.453 e. The van der Waals surface area contributed by atoms with E-state index in [1.807, 2.05) is 53.1 Å². The first-order valence-corrected chi connectivity index (χ1v) is 12.2. The zero-order valence-electron chi connectivity index (χ0n) is 19.1. The van der Waals surface area contributed by atoms with E-state index in [4.69, 9.17) is 4.74 Å². The molecule has 3 aliphatic heterocycles. The van der Waals surface area contributed by atoms with Crippen LogP contribution in [0.2, 0.25) is 0 Å². The van der Waals surface area contributed by atoms with E-state index in [0.717, 1.165) is 61.4 Å². The van der Waals surface area contributed by atoms with E-state index in [1.54, 1.807) is 0 Å². The lowest BCUT2D eigenvalue weighted by Crippen LogP contribution is -2.61. The molecule has 9 rings (SSSR count). The third kappa shape index (κ3) is 2.03. The van der Waals surface area contributed by atoms with Crippen LogP contribution in [0.5, 0.6) is 11.5 Å². The largest absolute Gasteiger partial charge is 0.453 e. The highest BCUT2D eigenvalue weighted by Crippen LogP contribution is 2.51. The molecule has 0 radical (unpaired) electrons. The van der Waals surface area contributed by atoms with Gasteiger partial charge in [0.25, 0.3) is 12.3 Å². The first-order chi connectivity index (χ1) is 17.8. The van der Waals surface area contributed by atoms with Crippen LogP contribution >= 0.6 is 0 Å². The molecule has 3 aliphatic rings. The van der Waals surface area contributed by atoms with Gasteiger partial charge in [0, 0.05) is 22.1 Å². The number of rotatable bonds is 0. The van der Waals surface area contributed by atoms with Gasteiger partial charge in [-0.1, -0.05) is 66.7 Å². The lowest BCUT2D eigenvalue weighted by Gasteiger charge is -2.43. The molecule has 0 saturated carbocycles. The van der Waals surface area contributed by atoms with E-state index in [1.165, 1.54) is 10.9 Å². The Morgan fingerprint density at radius 3 is 2.22 bits per heavy atom.